The number of para-hydroxylation sites is 2. The molecule has 0 saturated heterocycles. The predicted molar refractivity (Wildman–Crippen MR) is 243 cm³/mol. The first-order chi connectivity index (χ1) is 28.3. The van der Waals surface area contributed by atoms with Gasteiger partial charge in [-0.05, 0) is 91.5 Å². The number of benzene rings is 9. The first-order valence-corrected chi connectivity index (χ1v) is 21.8. The summed E-state index contributed by atoms with van der Waals surface area (Å²) >= 11 is 0. The molecule has 11 aromatic rings. The monoisotopic (exact) mass is 740 g/mol. The molecule has 3 heteroatoms. The lowest BCUT2D eigenvalue weighted by Gasteiger charge is -2.31. The van der Waals surface area contributed by atoms with E-state index in [0.29, 0.717) is 0 Å². The number of nitrogens with zero attached hydrogens (tertiary/aromatic N) is 2. The SMILES string of the molecule is c1ccc(-c2ccc(-n3c4ccccc4c4cc5c6ccccc6n(-c6ccc([Si]7(c8ccccc8)c8ccccc8-c8ccccc87)cc6)c5cc43)cc2)cc1. The molecule has 0 fully saturated rings. The highest BCUT2D eigenvalue weighted by atomic mass is 28.3. The van der Waals surface area contributed by atoms with Gasteiger partial charge in [-0.3, -0.25) is 0 Å². The van der Waals surface area contributed by atoms with Crippen LogP contribution in [0.2, 0.25) is 0 Å². The van der Waals surface area contributed by atoms with E-state index in [9.17, 15) is 0 Å². The van der Waals surface area contributed by atoms with E-state index in [1.807, 2.05) is 0 Å². The minimum absolute atomic E-state index is 1.15. The summed E-state index contributed by atoms with van der Waals surface area (Å²) in [4.78, 5) is 0. The Morgan fingerprint density at radius 1 is 0.281 bits per heavy atom. The molecule has 0 saturated carbocycles. The maximum atomic E-state index is 2.47. The molecule has 2 aromatic heterocycles. The second-order valence-corrected chi connectivity index (χ2v) is 19.0. The number of hydrogen-bond acceptors (Lipinski definition) is 0. The summed E-state index contributed by atoms with van der Waals surface area (Å²) < 4.78 is 4.91. The van der Waals surface area contributed by atoms with Crippen molar-refractivity contribution in [3.63, 3.8) is 0 Å². The zero-order chi connectivity index (χ0) is 37.5. The molecule has 0 aliphatic carbocycles. The van der Waals surface area contributed by atoms with Crippen molar-refractivity contribution in [1.82, 2.24) is 9.13 Å². The lowest BCUT2D eigenvalue weighted by atomic mass is 10.1. The van der Waals surface area contributed by atoms with Crippen LogP contribution in [0.3, 0.4) is 0 Å². The second-order valence-electron chi connectivity index (χ2n) is 15.3. The number of rotatable bonds is 5. The van der Waals surface area contributed by atoms with Crippen molar-refractivity contribution in [2.75, 3.05) is 0 Å². The van der Waals surface area contributed by atoms with Crippen molar-refractivity contribution in [2.24, 2.45) is 0 Å². The Balaban J connectivity index is 1.08. The van der Waals surface area contributed by atoms with Gasteiger partial charge < -0.3 is 9.13 Å². The van der Waals surface area contributed by atoms with Gasteiger partial charge in [-0.15, -0.1) is 0 Å². The molecule has 0 radical (unpaired) electrons. The van der Waals surface area contributed by atoms with E-state index >= 15 is 0 Å². The fourth-order valence-electron chi connectivity index (χ4n) is 9.99. The molecule has 0 N–H and O–H groups in total. The van der Waals surface area contributed by atoms with Crippen molar-refractivity contribution >= 4 is 72.4 Å². The fraction of sp³-hybridized carbons (Fsp3) is 0. The van der Waals surface area contributed by atoms with Crippen LogP contribution in [0, 0.1) is 0 Å². The summed E-state index contributed by atoms with van der Waals surface area (Å²) in [6.45, 7) is 0. The molecular weight excluding hydrogens is 705 g/mol. The maximum absolute atomic E-state index is 2.58. The molecule has 1 aliphatic heterocycles. The van der Waals surface area contributed by atoms with Gasteiger partial charge in [-0.1, -0.05) is 170 Å². The molecular formula is C54H36N2Si. The molecule has 3 heterocycles. The third-order valence-electron chi connectivity index (χ3n) is 12.4. The topological polar surface area (TPSA) is 9.86 Å². The molecule has 266 valence electrons. The van der Waals surface area contributed by atoms with Crippen LogP contribution in [-0.2, 0) is 0 Å². The van der Waals surface area contributed by atoms with E-state index in [4.69, 9.17) is 0 Å². The van der Waals surface area contributed by atoms with Crippen LogP contribution in [0.4, 0.5) is 0 Å². The van der Waals surface area contributed by atoms with Gasteiger partial charge in [0.15, 0.2) is 8.07 Å². The van der Waals surface area contributed by atoms with Gasteiger partial charge in [-0.25, -0.2) is 0 Å². The van der Waals surface area contributed by atoms with Gasteiger partial charge >= 0.3 is 0 Å². The minimum atomic E-state index is -2.58. The third kappa shape index (κ3) is 4.58. The Morgan fingerprint density at radius 3 is 1.26 bits per heavy atom. The summed E-state index contributed by atoms with van der Waals surface area (Å²) in [5, 5.41) is 10.8. The molecule has 0 spiro atoms. The minimum Gasteiger partial charge on any atom is -0.309 e. The highest BCUT2D eigenvalue weighted by Gasteiger charge is 2.48. The number of fused-ring (bicyclic) bond motifs is 9. The zero-order valence-corrected chi connectivity index (χ0v) is 32.2. The van der Waals surface area contributed by atoms with E-state index in [1.54, 1.807) is 0 Å². The molecule has 57 heavy (non-hydrogen) atoms. The van der Waals surface area contributed by atoms with Crippen LogP contribution in [-0.4, -0.2) is 17.2 Å². The van der Waals surface area contributed by atoms with E-state index in [0.717, 1.165) is 11.4 Å². The fourth-order valence-corrected chi connectivity index (χ4v) is 15.2. The normalized spacial score (nSPS) is 13.1. The summed E-state index contributed by atoms with van der Waals surface area (Å²) in [6.07, 6.45) is 0. The Labute approximate surface area is 332 Å². The highest BCUT2D eigenvalue weighted by molar-refractivity contribution is 7.22. The summed E-state index contributed by atoms with van der Waals surface area (Å²) in [6, 6.07) is 81.3. The Bertz CT molecular complexity index is 3270. The summed E-state index contributed by atoms with van der Waals surface area (Å²) in [5.74, 6) is 0. The number of hydrogen-bond donors (Lipinski definition) is 0. The molecule has 9 aromatic carbocycles. The van der Waals surface area contributed by atoms with E-state index in [1.165, 1.54) is 86.6 Å². The first kappa shape index (κ1) is 32.1. The van der Waals surface area contributed by atoms with Crippen LogP contribution in [0.5, 0.6) is 0 Å². The van der Waals surface area contributed by atoms with Crippen LogP contribution < -0.4 is 20.7 Å². The van der Waals surface area contributed by atoms with Gasteiger partial charge in [0, 0.05) is 32.9 Å². The van der Waals surface area contributed by atoms with E-state index in [2.05, 4.69) is 228 Å². The lowest BCUT2D eigenvalue weighted by molar-refractivity contribution is 1.17. The van der Waals surface area contributed by atoms with Crippen molar-refractivity contribution in [2.45, 2.75) is 0 Å². The van der Waals surface area contributed by atoms with Gasteiger partial charge in [0.25, 0.3) is 0 Å². The van der Waals surface area contributed by atoms with Gasteiger partial charge in [0.2, 0.25) is 0 Å². The average Bonchev–Trinajstić information content (AvgIpc) is 3.90. The average molecular weight is 741 g/mol. The quantitative estimate of drug-likeness (QED) is 0.156. The molecule has 1 aliphatic rings. The first-order valence-electron chi connectivity index (χ1n) is 19.8. The van der Waals surface area contributed by atoms with Gasteiger partial charge in [-0.2, -0.15) is 0 Å². The van der Waals surface area contributed by atoms with Crippen molar-refractivity contribution in [3.8, 4) is 33.6 Å². The summed E-state index contributed by atoms with van der Waals surface area (Å²) in [7, 11) is -2.58. The van der Waals surface area contributed by atoms with E-state index < -0.39 is 8.07 Å². The van der Waals surface area contributed by atoms with Crippen LogP contribution >= 0.6 is 0 Å². The summed E-state index contributed by atoms with van der Waals surface area (Å²) in [5.41, 5.74) is 12.3. The molecule has 0 unspecified atom stereocenters. The van der Waals surface area contributed by atoms with Gasteiger partial charge in [0.05, 0.1) is 22.1 Å². The molecule has 12 rings (SSSR count). The van der Waals surface area contributed by atoms with Crippen molar-refractivity contribution in [3.05, 3.63) is 218 Å². The maximum Gasteiger partial charge on any atom is 0.180 e. The van der Waals surface area contributed by atoms with Gasteiger partial charge in [0.1, 0.15) is 0 Å². The Morgan fingerprint density at radius 2 is 0.702 bits per heavy atom. The Hall–Kier alpha value is -7.20. The highest BCUT2D eigenvalue weighted by Crippen LogP contribution is 2.40. The van der Waals surface area contributed by atoms with Crippen LogP contribution in [0.25, 0.3) is 77.2 Å². The third-order valence-corrected chi connectivity index (χ3v) is 17.3. The molecule has 2 nitrogen and oxygen atoms in total. The van der Waals surface area contributed by atoms with Crippen LogP contribution in [0.1, 0.15) is 0 Å². The predicted octanol–water partition coefficient (Wildman–Crippen LogP) is 10.9. The zero-order valence-electron chi connectivity index (χ0n) is 31.2. The van der Waals surface area contributed by atoms with E-state index in [-0.39, 0.29) is 0 Å². The number of aromatic nitrogens is 2. The van der Waals surface area contributed by atoms with Crippen LogP contribution in [0.15, 0.2) is 218 Å². The van der Waals surface area contributed by atoms with Crippen molar-refractivity contribution in [1.29, 1.82) is 0 Å². The molecule has 0 bridgehead atoms. The smallest absolute Gasteiger partial charge is 0.180 e. The molecule has 0 amide bonds. The standard InChI is InChI=1S/C54H36N2Si/c1-3-15-37(16-4-1)38-27-29-39(30-28-38)55-49-23-11-7-19-43(49)47-35-48-44-20-8-12-24-50(44)56(52(48)36-51(47)55)40-31-33-42(34-32-40)57(41-17-5-2-6-18-41)53-25-13-9-21-45(53)46-22-10-14-26-54(46)57/h1-36H. The molecule has 0 atom stereocenters. The second kappa shape index (κ2) is 12.4. The lowest BCUT2D eigenvalue weighted by Crippen LogP contribution is -2.72. The largest absolute Gasteiger partial charge is 0.309 e. The Kier molecular flexibility index (Phi) is 6.98. The van der Waals surface area contributed by atoms with Crippen molar-refractivity contribution < 1.29 is 0 Å².